The fourth-order valence-corrected chi connectivity index (χ4v) is 2.57. The van der Waals surface area contributed by atoms with Crippen LogP contribution in [0.25, 0.3) is 10.9 Å². The molecule has 98 valence electrons. The average Bonchev–Trinajstić information content (AvgIpc) is 2.72. The molecular formula is C15H21ClN2. The standard InChI is InChI=1S/C15H21ClN2/c1-4-14(10(2)3)17-8-11-9-18-15-7-12(16)5-6-13(11)15/h5-7,9-10,14,17-18H,4,8H2,1-3H3. The van der Waals surface area contributed by atoms with E-state index in [1.165, 1.54) is 10.9 Å². The van der Waals surface area contributed by atoms with Crippen molar-refractivity contribution in [3.63, 3.8) is 0 Å². The summed E-state index contributed by atoms with van der Waals surface area (Å²) >= 11 is 5.98. The third-order valence-corrected chi connectivity index (χ3v) is 3.76. The van der Waals surface area contributed by atoms with Crippen molar-refractivity contribution in [2.75, 3.05) is 0 Å². The molecule has 0 saturated heterocycles. The zero-order chi connectivity index (χ0) is 13.1. The maximum atomic E-state index is 5.98. The maximum Gasteiger partial charge on any atom is 0.0472 e. The molecule has 1 heterocycles. The molecular weight excluding hydrogens is 244 g/mol. The lowest BCUT2D eigenvalue weighted by atomic mass is 10.0. The molecule has 0 aliphatic heterocycles. The number of rotatable bonds is 5. The normalized spacial score (nSPS) is 13.4. The van der Waals surface area contributed by atoms with Gasteiger partial charge in [-0.2, -0.15) is 0 Å². The van der Waals surface area contributed by atoms with Crippen LogP contribution < -0.4 is 5.32 Å². The van der Waals surface area contributed by atoms with Gasteiger partial charge < -0.3 is 10.3 Å². The Morgan fingerprint density at radius 1 is 1.33 bits per heavy atom. The van der Waals surface area contributed by atoms with E-state index in [0.29, 0.717) is 12.0 Å². The topological polar surface area (TPSA) is 27.8 Å². The molecule has 2 rings (SSSR count). The van der Waals surface area contributed by atoms with Gasteiger partial charge in [0, 0.05) is 34.7 Å². The number of hydrogen-bond donors (Lipinski definition) is 2. The molecule has 0 saturated carbocycles. The predicted molar refractivity (Wildman–Crippen MR) is 79.1 cm³/mol. The molecule has 0 spiro atoms. The quantitative estimate of drug-likeness (QED) is 0.826. The van der Waals surface area contributed by atoms with Crippen molar-refractivity contribution in [3.8, 4) is 0 Å². The summed E-state index contributed by atoms with van der Waals surface area (Å²) in [5.41, 5.74) is 2.41. The Morgan fingerprint density at radius 3 is 2.78 bits per heavy atom. The smallest absolute Gasteiger partial charge is 0.0472 e. The molecule has 0 amide bonds. The van der Waals surface area contributed by atoms with E-state index < -0.39 is 0 Å². The minimum atomic E-state index is 0.572. The lowest BCUT2D eigenvalue weighted by Crippen LogP contribution is -2.32. The SMILES string of the molecule is CCC(NCc1c[nH]c2cc(Cl)ccc12)C(C)C. The molecule has 0 fully saturated rings. The summed E-state index contributed by atoms with van der Waals surface area (Å²) in [7, 11) is 0. The number of benzene rings is 1. The first-order valence-corrected chi connectivity index (χ1v) is 6.98. The van der Waals surface area contributed by atoms with E-state index in [1.807, 2.05) is 12.1 Å². The van der Waals surface area contributed by atoms with Gasteiger partial charge in [0.25, 0.3) is 0 Å². The summed E-state index contributed by atoms with van der Waals surface area (Å²) in [4.78, 5) is 3.28. The molecule has 2 N–H and O–H groups in total. The van der Waals surface area contributed by atoms with E-state index in [2.05, 4.69) is 43.3 Å². The minimum absolute atomic E-state index is 0.572. The van der Waals surface area contributed by atoms with E-state index >= 15 is 0 Å². The number of nitrogens with one attached hydrogen (secondary N) is 2. The molecule has 0 radical (unpaired) electrons. The van der Waals surface area contributed by atoms with Crippen LogP contribution in [-0.4, -0.2) is 11.0 Å². The van der Waals surface area contributed by atoms with Crippen molar-refractivity contribution in [1.82, 2.24) is 10.3 Å². The highest BCUT2D eigenvalue weighted by molar-refractivity contribution is 6.31. The predicted octanol–water partition coefficient (Wildman–Crippen LogP) is 4.35. The van der Waals surface area contributed by atoms with E-state index in [0.717, 1.165) is 23.5 Å². The van der Waals surface area contributed by atoms with Crippen molar-refractivity contribution < 1.29 is 0 Å². The Balaban J connectivity index is 2.12. The molecule has 18 heavy (non-hydrogen) atoms. The minimum Gasteiger partial charge on any atom is -0.361 e. The molecule has 0 aliphatic rings. The Bertz CT molecular complexity index is 516. The van der Waals surface area contributed by atoms with E-state index in [9.17, 15) is 0 Å². The molecule has 1 aromatic carbocycles. The van der Waals surface area contributed by atoms with Gasteiger partial charge >= 0.3 is 0 Å². The first-order valence-electron chi connectivity index (χ1n) is 6.60. The average molecular weight is 265 g/mol. The third kappa shape index (κ3) is 2.88. The lowest BCUT2D eigenvalue weighted by Gasteiger charge is -2.20. The van der Waals surface area contributed by atoms with Crippen LogP contribution >= 0.6 is 11.6 Å². The monoisotopic (exact) mass is 264 g/mol. The highest BCUT2D eigenvalue weighted by atomic mass is 35.5. The van der Waals surface area contributed by atoms with Gasteiger partial charge in [-0.05, 0) is 30.0 Å². The number of hydrogen-bond acceptors (Lipinski definition) is 1. The van der Waals surface area contributed by atoms with Crippen LogP contribution in [-0.2, 0) is 6.54 Å². The summed E-state index contributed by atoms with van der Waals surface area (Å²) in [6, 6.07) is 6.57. The molecule has 1 atom stereocenters. The van der Waals surface area contributed by atoms with Gasteiger partial charge in [0.05, 0.1) is 0 Å². The van der Waals surface area contributed by atoms with Gasteiger partial charge in [-0.1, -0.05) is 38.4 Å². The van der Waals surface area contributed by atoms with Gasteiger partial charge in [0.15, 0.2) is 0 Å². The van der Waals surface area contributed by atoms with Crippen molar-refractivity contribution in [1.29, 1.82) is 0 Å². The van der Waals surface area contributed by atoms with Gasteiger partial charge in [-0.25, -0.2) is 0 Å². The summed E-state index contributed by atoms with van der Waals surface area (Å²) in [6.45, 7) is 7.65. The zero-order valence-electron chi connectivity index (χ0n) is 11.3. The van der Waals surface area contributed by atoms with Crippen molar-refractivity contribution in [3.05, 3.63) is 35.0 Å². The molecule has 2 aromatic rings. The van der Waals surface area contributed by atoms with Gasteiger partial charge in [0.1, 0.15) is 0 Å². The highest BCUT2D eigenvalue weighted by Crippen LogP contribution is 2.22. The third-order valence-electron chi connectivity index (χ3n) is 3.53. The van der Waals surface area contributed by atoms with Crippen molar-refractivity contribution >= 4 is 22.5 Å². The fraction of sp³-hybridized carbons (Fsp3) is 0.467. The van der Waals surface area contributed by atoms with E-state index in [-0.39, 0.29) is 0 Å². The van der Waals surface area contributed by atoms with Crippen LogP contribution in [0.15, 0.2) is 24.4 Å². The Labute approximate surface area is 114 Å². The largest absolute Gasteiger partial charge is 0.361 e. The molecule has 1 unspecified atom stereocenters. The van der Waals surface area contributed by atoms with Gasteiger partial charge in [-0.15, -0.1) is 0 Å². The van der Waals surface area contributed by atoms with Crippen LogP contribution in [0.3, 0.4) is 0 Å². The van der Waals surface area contributed by atoms with E-state index in [1.54, 1.807) is 0 Å². The molecule has 0 aliphatic carbocycles. The summed E-state index contributed by atoms with van der Waals surface area (Å²) in [6.07, 6.45) is 3.23. The van der Waals surface area contributed by atoms with Crippen LogP contribution in [0.4, 0.5) is 0 Å². The summed E-state index contributed by atoms with van der Waals surface area (Å²) in [5, 5.41) is 5.66. The second-order valence-electron chi connectivity index (χ2n) is 5.14. The molecule has 3 heteroatoms. The van der Waals surface area contributed by atoms with Gasteiger partial charge in [-0.3, -0.25) is 0 Å². The van der Waals surface area contributed by atoms with E-state index in [4.69, 9.17) is 11.6 Å². The first-order chi connectivity index (χ1) is 8.61. The molecule has 0 bridgehead atoms. The first kappa shape index (κ1) is 13.4. The lowest BCUT2D eigenvalue weighted by molar-refractivity contribution is 0.388. The molecule has 1 aromatic heterocycles. The Kier molecular flexibility index (Phi) is 4.31. The number of fused-ring (bicyclic) bond motifs is 1. The van der Waals surface area contributed by atoms with Gasteiger partial charge in [0.2, 0.25) is 0 Å². The molecule has 2 nitrogen and oxygen atoms in total. The Morgan fingerprint density at radius 2 is 2.11 bits per heavy atom. The van der Waals surface area contributed by atoms with Crippen LogP contribution in [0.5, 0.6) is 0 Å². The van der Waals surface area contributed by atoms with Crippen LogP contribution in [0.1, 0.15) is 32.8 Å². The highest BCUT2D eigenvalue weighted by Gasteiger charge is 2.11. The number of aromatic amines is 1. The number of H-pyrrole nitrogens is 1. The fourth-order valence-electron chi connectivity index (χ4n) is 2.40. The van der Waals surface area contributed by atoms with Crippen molar-refractivity contribution in [2.24, 2.45) is 5.92 Å². The zero-order valence-corrected chi connectivity index (χ0v) is 12.0. The second kappa shape index (κ2) is 5.77. The second-order valence-corrected chi connectivity index (χ2v) is 5.58. The summed E-state index contributed by atoms with van der Waals surface area (Å²) in [5.74, 6) is 0.662. The Hall–Kier alpha value is -0.990. The van der Waals surface area contributed by atoms with Crippen LogP contribution in [0, 0.1) is 5.92 Å². The maximum absolute atomic E-state index is 5.98. The van der Waals surface area contributed by atoms with Crippen molar-refractivity contribution in [2.45, 2.75) is 39.8 Å². The number of halogens is 1. The number of aromatic nitrogens is 1. The van der Waals surface area contributed by atoms with Crippen LogP contribution in [0.2, 0.25) is 5.02 Å². The summed E-state index contributed by atoms with van der Waals surface area (Å²) < 4.78 is 0.